The maximum absolute atomic E-state index is 13.9. The second kappa shape index (κ2) is 28.0. The van der Waals surface area contributed by atoms with Gasteiger partial charge in [0.2, 0.25) is 0 Å². The molecule has 4 atom stereocenters. The lowest BCUT2D eigenvalue weighted by atomic mass is 9.61. The molecule has 2 aliphatic rings. The lowest BCUT2D eigenvalue weighted by Gasteiger charge is -2.44. The first-order valence-corrected chi connectivity index (χ1v) is 22.3. The molecule has 0 fully saturated rings. The Kier molecular flexibility index (Phi) is 24.7. The molecule has 1 unspecified atom stereocenters. The second-order valence-corrected chi connectivity index (χ2v) is 16.3. The van der Waals surface area contributed by atoms with Crippen LogP contribution < -0.4 is 0 Å². The number of fused-ring (bicyclic) bond motifs is 1. The molecule has 0 bridgehead atoms. The van der Waals surface area contributed by atoms with Gasteiger partial charge < -0.3 is 19.7 Å². The van der Waals surface area contributed by atoms with Gasteiger partial charge in [0.15, 0.2) is 5.78 Å². The van der Waals surface area contributed by atoms with Crippen LogP contribution in [0.15, 0.2) is 22.8 Å². The highest BCUT2D eigenvalue weighted by Gasteiger charge is 2.66. The molecule has 2 aliphatic carbocycles. The molecule has 8 heteroatoms. The lowest BCUT2D eigenvalue weighted by molar-refractivity contribution is -0.162. The predicted molar refractivity (Wildman–Crippen MR) is 217 cm³/mol. The molecule has 0 aromatic rings. The molecule has 0 saturated carbocycles. The maximum Gasteiger partial charge on any atom is 0.341 e. The third kappa shape index (κ3) is 15.2. The number of ketones is 1. The van der Waals surface area contributed by atoms with E-state index in [1.54, 1.807) is 0 Å². The summed E-state index contributed by atoms with van der Waals surface area (Å²) in [6.07, 6.45) is 35.3. The molecule has 0 radical (unpaired) electrons. The first-order chi connectivity index (χ1) is 26.2. The summed E-state index contributed by atoms with van der Waals surface area (Å²) in [4.78, 5) is 53.2. The Bertz CT molecular complexity index is 1170. The van der Waals surface area contributed by atoms with Gasteiger partial charge in [-0.05, 0) is 31.3 Å². The number of unbranched alkanes of at least 4 members (excludes halogenated alkanes) is 26. The van der Waals surface area contributed by atoms with Crippen molar-refractivity contribution in [3.63, 3.8) is 0 Å². The summed E-state index contributed by atoms with van der Waals surface area (Å²) in [5.74, 6) is -7.80. The molecule has 0 aliphatic heterocycles. The van der Waals surface area contributed by atoms with Gasteiger partial charge in [-0.1, -0.05) is 192 Å². The summed E-state index contributed by atoms with van der Waals surface area (Å²) in [5, 5.41) is 23.0. The smallest absolute Gasteiger partial charge is 0.341 e. The monoisotopic (exact) mass is 759 g/mol. The molecule has 0 amide bonds. The topological polar surface area (TPSA) is 127 Å². The fourth-order valence-electron chi connectivity index (χ4n) is 8.95. The number of esters is 2. The van der Waals surface area contributed by atoms with Gasteiger partial charge in [-0.2, -0.15) is 0 Å². The zero-order valence-electron chi connectivity index (χ0n) is 34.9. The molecule has 0 saturated heterocycles. The molecule has 0 aromatic carbocycles. The summed E-state index contributed by atoms with van der Waals surface area (Å²) < 4.78 is 10.2. The third-order valence-corrected chi connectivity index (χ3v) is 12.1. The Morgan fingerprint density at radius 1 is 0.593 bits per heavy atom. The number of Topliss-reactive ketones (excluding diaryl/α,β-unsaturated/α-hetero) is 1. The number of methoxy groups -OCH3 is 2. The van der Waals surface area contributed by atoms with Crippen molar-refractivity contribution in [2.24, 2.45) is 17.8 Å². The van der Waals surface area contributed by atoms with E-state index in [4.69, 9.17) is 9.47 Å². The van der Waals surface area contributed by atoms with Gasteiger partial charge in [0.25, 0.3) is 0 Å². The van der Waals surface area contributed by atoms with Gasteiger partial charge in [0, 0.05) is 0 Å². The van der Waals surface area contributed by atoms with Crippen LogP contribution >= 0.6 is 0 Å². The van der Waals surface area contributed by atoms with Crippen LogP contribution in [0.4, 0.5) is 0 Å². The van der Waals surface area contributed by atoms with E-state index in [-0.39, 0.29) is 17.6 Å². The van der Waals surface area contributed by atoms with Gasteiger partial charge >= 0.3 is 17.9 Å². The molecule has 310 valence electrons. The van der Waals surface area contributed by atoms with Crippen LogP contribution in [0.25, 0.3) is 0 Å². The van der Waals surface area contributed by atoms with Crippen LogP contribution in [0.1, 0.15) is 206 Å². The van der Waals surface area contributed by atoms with Crippen molar-refractivity contribution in [3.05, 3.63) is 22.8 Å². The number of hydrogen-bond donors (Lipinski definition) is 2. The molecule has 0 aromatic heterocycles. The number of carboxylic acid groups (broad SMARTS) is 1. The maximum atomic E-state index is 13.9. The number of aliphatic hydroxyl groups is 1. The van der Waals surface area contributed by atoms with Crippen molar-refractivity contribution < 1.29 is 38.9 Å². The summed E-state index contributed by atoms with van der Waals surface area (Å²) in [6.45, 7) is 4.49. The average molecular weight is 759 g/mol. The summed E-state index contributed by atoms with van der Waals surface area (Å²) in [5.41, 5.74) is -1.86. The first-order valence-electron chi connectivity index (χ1n) is 22.3. The fraction of sp³-hybridized carbons (Fsp3) is 0.826. The predicted octanol–water partition coefficient (Wildman–Crippen LogP) is 11.6. The van der Waals surface area contributed by atoms with Crippen LogP contribution in [-0.2, 0) is 28.7 Å². The normalized spacial score (nSPS) is 20.9. The number of hydrogen-bond acceptors (Lipinski definition) is 7. The Hall–Kier alpha value is -2.48. The lowest BCUT2D eigenvalue weighted by Crippen LogP contribution is -2.56. The molecular formula is C46H78O8. The van der Waals surface area contributed by atoms with E-state index in [1.165, 1.54) is 142 Å². The number of carbonyl (C=O) groups excluding carboxylic acids is 3. The van der Waals surface area contributed by atoms with E-state index in [2.05, 4.69) is 13.8 Å². The number of ether oxygens (including phenoxy) is 2. The number of rotatable bonds is 33. The highest BCUT2D eigenvalue weighted by atomic mass is 16.5. The number of carbonyl (C=O) groups is 4. The minimum Gasteiger partial charge on any atom is -0.481 e. The molecule has 2 rings (SSSR count). The SMILES string of the molecule is CCCCCCCCCCCCCCCCC1=C[C@H](C(=O)O)[C@H]2C(=O)C(C(=O)OC)=C(CCCCCCCCCCCCCCCC)[C@@]2(O)C1C(=O)OC. The summed E-state index contributed by atoms with van der Waals surface area (Å²) >= 11 is 0. The van der Waals surface area contributed by atoms with Gasteiger partial charge in [-0.3, -0.25) is 14.4 Å². The van der Waals surface area contributed by atoms with Crippen molar-refractivity contribution >= 4 is 23.7 Å². The van der Waals surface area contributed by atoms with Gasteiger partial charge in [0.05, 0.1) is 26.1 Å². The van der Waals surface area contributed by atoms with E-state index in [1.807, 2.05) is 0 Å². The highest BCUT2D eigenvalue weighted by molar-refractivity contribution is 6.22. The minimum atomic E-state index is -2.17. The van der Waals surface area contributed by atoms with E-state index in [0.29, 0.717) is 18.4 Å². The standard InChI is InChI=1S/C46H78O8/c1-5-7-9-11-13-15-17-19-21-23-25-27-29-31-33-36-35-37(43(48)49)41-42(47)39(44(50)53-3)38(46(41,52)40(36)45(51)54-4)34-32-30-28-26-24-22-20-18-16-14-12-10-8-6-2/h35,37,40-41,52H,5-34H2,1-4H3,(H,48,49)/t37-,40?,41-,46+/m0/s1. The molecule has 0 spiro atoms. The Morgan fingerprint density at radius 3 is 1.31 bits per heavy atom. The fourth-order valence-corrected chi connectivity index (χ4v) is 8.95. The van der Waals surface area contributed by atoms with Crippen LogP contribution in [-0.4, -0.2) is 53.7 Å². The average Bonchev–Trinajstić information content (AvgIpc) is 3.39. The highest BCUT2D eigenvalue weighted by Crippen LogP contribution is 2.55. The molecule has 8 nitrogen and oxygen atoms in total. The third-order valence-electron chi connectivity index (χ3n) is 12.1. The molecule has 54 heavy (non-hydrogen) atoms. The van der Waals surface area contributed by atoms with Gasteiger partial charge in [0.1, 0.15) is 17.1 Å². The number of carboxylic acids is 1. The summed E-state index contributed by atoms with van der Waals surface area (Å²) in [6, 6.07) is 0. The van der Waals surface area contributed by atoms with Crippen LogP contribution in [0, 0.1) is 17.8 Å². The molecular weight excluding hydrogens is 680 g/mol. The second-order valence-electron chi connectivity index (χ2n) is 16.3. The largest absolute Gasteiger partial charge is 0.481 e. The van der Waals surface area contributed by atoms with Crippen LogP contribution in [0.3, 0.4) is 0 Å². The van der Waals surface area contributed by atoms with E-state index >= 15 is 0 Å². The molecule has 0 heterocycles. The quantitative estimate of drug-likeness (QED) is 0.0293. The Labute approximate surface area is 328 Å². The van der Waals surface area contributed by atoms with Gasteiger partial charge in [-0.15, -0.1) is 0 Å². The minimum absolute atomic E-state index is 0.136. The van der Waals surface area contributed by atoms with Crippen molar-refractivity contribution in [2.75, 3.05) is 14.2 Å². The van der Waals surface area contributed by atoms with Crippen molar-refractivity contribution in [2.45, 2.75) is 212 Å². The van der Waals surface area contributed by atoms with Crippen LogP contribution in [0.2, 0.25) is 0 Å². The molecule has 2 N–H and O–H groups in total. The summed E-state index contributed by atoms with van der Waals surface area (Å²) in [7, 11) is 2.41. The van der Waals surface area contributed by atoms with Crippen LogP contribution in [0.5, 0.6) is 0 Å². The zero-order chi connectivity index (χ0) is 39.6. The van der Waals surface area contributed by atoms with Gasteiger partial charge in [-0.25, -0.2) is 4.79 Å². The zero-order valence-corrected chi connectivity index (χ0v) is 34.9. The van der Waals surface area contributed by atoms with Crippen molar-refractivity contribution in [1.29, 1.82) is 0 Å². The number of aliphatic carboxylic acids is 1. The Morgan fingerprint density at radius 2 is 0.963 bits per heavy atom. The van der Waals surface area contributed by atoms with Crippen molar-refractivity contribution in [3.8, 4) is 0 Å². The van der Waals surface area contributed by atoms with E-state index in [0.717, 1.165) is 51.4 Å². The van der Waals surface area contributed by atoms with E-state index in [9.17, 15) is 29.4 Å². The van der Waals surface area contributed by atoms with E-state index < -0.39 is 47.0 Å². The Balaban J connectivity index is 1.99. The first kappa shape index (κ1) is 47.7. The van der Waals surface area contributed by atoms with Crippen molar-refractivity contribution in [1.82, 2.24) is 0 Å².